The third-order valence-corrected chi connectivity index (χ3v) is 4.41. The van der Waals surface area contributed by atoms with Crippen molar-refractivity contribution in [3.05, 3.63) is 36.0 Å². The summed E-state index contributed by atoms with van der Waals surface area (Å²) in [6, 6.07) is 8.50. The zero-order chi connectivity index (χ0) is 17.3. The fourth-order valence-electron chi connectivity index (χ4n) is 3.33. The molecule has 1 aromatic carbocycles. The van der Waals surface area contributed by atoms with Crippen LogP contribution in [0.15, 0.2) is 30.5 Å². The van der Waals surface area contributed by atoms with E-state index in [1.807, 2.05) is 20.8 Å². The molecule has 0 spiro atoms. The summed E-state index contributed by atoms with van der Waals surface area (Å²) in [5.74, 6) is 0.495. The van der Waals surface area contributed by atoms with Gasteiger partial charge in [0.1, 0.15) is 5.60 Å². The lowest BCUT2D eigenvalue weighted by Crippen LogP contribution is -2.37. The minimum atomic E-state index is -0.619. The van der Waals surface area contributed by atoms with Gasteiger partial charge in [-0.1, -0.05) is 18.2 Å². The van der Waals surface area contributed by atoms with Gasteiger partial charge in [-0.3, -0.25) is 0 Å². The molecule has 0 aliphatic carbocycles. The molecule has 1 aliphatic heterocycles. The van der Waals surface area contributed by atoms with Crippen LogP contribution >= 0.6 is 0 Å². The number of para-hydroxylation sites is 1. The number of hydroxylamine groups is 2. The molecular weight excluding hydrogens is 304 g/mol. The Kier molecular flexibility index (Phi) is 4.54. The Morgan fingerprint density at radius 2 is 1.83 bits per heavy atom. The quantitative estimate of drug-likeness (QED) is 0.773. The van der Waals surface area contributed by atoms with Crippen LogP contribution in [-0.2, 0) is 16.6 Å². The van der Waals surface area contributed by atoms with Crippen molar-refractivity contribution in [2.75, 3.05) is 13.1 Å². The van der Waals surface area contributed by atoms with Gasteiger partial charge in [0, 0.05) is 37.2 Å². The fourth-order valence-corrected chi connectivity index (χ4v) is 3.33. The van der Waals surface area contributed by atoms with Crippen LogP contribution in [0.25, 0.3) is 10.9 Å². The SMILES string of the molecule is Cn1cc(C2CCN(OC(=O)OC(C)(C)C)CC2)c2ccccc21. The second-order valence-corrected chi connectivity index (χ2v) is 7.47. The van der Waals surface area contributed by atoms with E-state index in [0.29, 0.717) is 5.92 Å². The molecule has 5 nitrogen and oxygen atoms in total. The number of fused-ring (bicyclic) bond motifs is 1. The lowest BCUT2D eigenvalue weighted by atomic mass is 9.90. The molecule has 0 radical (unpaired) electrons. The van der Waals surface area contributed by atoms with E-state index in [4.69, 9.17) is 9.57 Å². The molecule has 130 valence electrons. The number of aromatic nitrogens is 1. The summed E-state index contributed by atoms with van der Waals surface area (Å²) in [5, 5.41) is 3.04. The zero-order valence-corrected chi connectivity index (χ0v) is 14.9. The summed E-state index contributed by atoms with van der Waals surface area (Å²) in [4.78, 5) is 17.1. The number of piperidine rings is 1. The second kappa shape index (κ2) is 6.48. The van der Waals surface area contributed by atoms with Crippen molar-refractivity contribution in [2.45, 2.75) is 45.1 Å². The van der Waals surface area contributed by atoms with E-state index in [0.717, 1.165) is 25.9 Å². The molecular formula is C19H26N2O3. The highest BCUT2D eigenvalue weighted by molar-refractivity contribution is 5.84. The molecule has 24 heavy (non-hydrogen) atoms. The molecule has 2 heterocycles. The number of carbonyl (C=O) groups is 1. The number of nitrogens with zero attached hydrogens (tertiary/aromatic N) is 2. The van der Waals surface area contributed by atoms with Gasteiger partial charge in [-0.2, -0.15) is 0 Å². The van der Waals surface area contributed by atoms with Gasteiger partial charge in [-0.05, 0) is 51.2 Å². The Bertz CT molecular complexity index is 722. The number of carbonyl (C=O) groups excluding carboxylic acids is 1. The first-order chi connectivity index (χ1) is 11.3. The van der Waals surface area contributed by atoms with Crippen molar-refractivity contribution in [1.29, 1.82) is 0 Å². The highest BCUT2D eigenvalue weighted by atomic mass is 16.8. The van der Waals surface area contributed by atoms with Crippen LogP contribution in [0.4, 0.5) is 4.79 Å². The van der Waals surface area contributed by atoms with Gasteiger partial charge in [0.25, 0.3) is 0 Å². The van der Waals surface area contributed by atoms with Gasteiger partial charge in [-0.15, -0.1) is 5.06 Å². The van der Waals surface area contributed by atoms with Gasteiger partial charge in [0.15, 0.2) is 0 Å². The number of hydrogen-bond acceptors (Lipinski definition) is 4. The number of aryl methyl sites for hydroxylation is 1. The Labute approximate surface area is 143 Å². The first kappa shape index (κ1) is 16.8. The average molecular weight is 330 g/mol. The van der Waals surface area contributed by atoms with E-state index >= 15 is 0 Å². The standard InChI is InChI=1S/C19H26N2O3/c1-19(2,3)23-18(22)24-21-11-9-14(10-12-21)16-13-20(4)17-8-6-5-7-15(16)17/h5-8,13-14H,9-12H2,1-4H3. The smallest absolute Gasteiger partial charge is 0.427 e. The molecule has 0 atom stereocenters. The Balaban J connectivity index is 1.62. The number of hydrogen-bond donors (Lipinski definition) is 0. The van der Waals surface area contributed by atoms with E-state index in [2.05, 4.69) is 42.1 Å². The Morgan fingerprint density at radius 3 is 2.50 bits per heavy atom. The molecule has 5 heteroatoms. The van der Waals surface area contributed by atoms with Gasteiger partial charge < -0.3 is 14.1 Å². The minimum absolute atomic E-state index is 0.495. The van der Waals surface area contributed by atoms with Crippen molar-refractivity contribution in [3.8, 4) is 0 Å². The topological polar surface area (TPSA) is 43.7 Å². The lowest BCUT2D eigenvalue weighted by Gasteiger charge is -2.31. The van der Waals surface area contributed by atoms with E-state index in [9.17, 15) is 4.79 Å². The summed E-state index contributed by atoms with van der Waals surface area (Å²) in [7, 11) is 2.09. The third kappa shape index (κ3) is 3.73. The average Bonchev–Trinajstić information content (AvgIpc) is 2.84. The van der Waals surface area contributed by atoms with E-state index in [1.165, 1.54) is 16.5 Å². The maximum atomic E-state index is 11.8. The van der Waals surface area contributed by atoms with Gasteiger partial charge in [-0.25, -0.2) is 4.79 Å². The highest BCUT2D eigenvalue weighted by Crippen LogP contribution is 2.34. The third-order valence-electron chi connectivity index (χ3n) is 4.41. The predicted molar refractivity (Wildman–Crippen MR) is 93.8 cm³/mol. The van der Waals surface area contributed by atoms with E-state index in [-0.39, 0.29) is 0 Å². The summed E-state index contributed by atoms with van der Waals surface area (Å²) in [5.41, 5.74) is 2.13. The largest absolute Gasteiger partial charge is 0.528 e. The predicted octanol–water partition coefficient (Wildman–Crippen LogP) is 4.22. The van der Waals surface area contributed by atoms with Crippen LogP contribution in [0, 0.1) is 0 Å². The van der Waals surface area contributed by atoms with Crippen LogP contribution in [-0.4, -0.2) is 34.5 Å². The highest BCUT2D eigenvalue weighted by Gasteiger charge is 2.27. The summed E-state index contributed by atoms with van der Waals surface area (Å²) in [6.45, 7) is 6.96. The van der Waals surface area contributed by atoms with Crippen LogP contribution in [0.3, 0.4) is 0 Å². The van der Waals surface area contributed by atoms with Gasteiger partial charge in [0.05, 0.1) is 0 Å². The van der Waals surface area contributed by atoms with Crippen molar-refractivity contribution < 1.29 is 14.4 Å². The monoisotopic (exact) mass is 330 g/mol. The van der Waals surface area contributed by atoms with Gasteiger partial charge in [0.2, 0.25) is 0 Å². The second-order valence-electron chi connectivity index (χ2n) is 7.47. The molecule has 2 aromatic rings. The molecule has 1 saturated heterocycles. The number of rotatable bonds is 2. The van der Waals surface area contributed by atoms with Crippen molar-refractivity contribution >= 4 is 17.1 Å². The molecule has 0 N–H and O–H groups in total. The maximum absolute atomic E-state index is 11.8. The van der Waals surface area contributed by atoms with Crippen LogP contribution in [0.1, 0.15) is 45.1 Å². The normalized spacial score (nSPS) is 17.2. The molecule has 1 aromatic heterocycles. The maximum Gasteiger partial charge on any atom is 0.528 e. The molecule has 1 aliphatic rings. The fraction of sp³-hybridized carbons (Fsp3) is 0.526. The van der Waals surface area contributed by atoms with Crippen molar-refractivity contribution in [2.24, 2.45) is 7.05 Å². The first-order valence-corrected chi connectivity index (χ1v) is 8.53. The number of ether oxygens (including phenoxy) is 1. The summed E-state index contributed by atoms with van der Waals surface area (Å²) < 4.78 is 7.40. The van der Waals surface area contributed by atoms with Crippen molar-refractivity contribution in [3.63, 3.8) is 0 Å². The molecule has 0 unspecified atom stereocenters. The summed E-state index contributed by atoms with van der Waals surface area (Å²) >= 11 is 0. The van der Waals surface area contributed by atoms with E-state index < -0.39 is 11.8 Å². The number of benzene rings is 1. The van der Waals surface area contributed by atoms with Crippen molar-refractivity contribution in [1.82, 2.24) is 9.63 Å². The molecule has 3 rings (SSSR count). The Hall–Kier alpha value is -2.01. The van der Waals surface area contributed by atoms with E-state index in [1.54, 1.807) is 5.06 Å². The first-order valence-electron chi connectivity index (χ1n) is 8.53. The zero-order valence-electron chi connectivity index (χ0n) is 14.9. The van der Waals surface area contributed by atoms with Crippen LogP contribution in [0.5, 0.6) is 0 Å². The molecule has 0 bridgehead atoms. The van der Waals surface area contributed by atoms with Crippen LogP contribution in [0.2, 0.25) is 0 Å². The Morgan fingerprint density at radius 1 is 1.17 bits per heavy atom. The molecule has 1 fully saturated rings. The lowest BCUT2D eigenvalue weighted by molar-refractivity contribution is -0.152. The molecule has 0 saturated carbocycles. The van der Waals surface area contributed by atoms with Gasteiger partial charge >= 0.3 is 6.16 Å². The minimum Gasteiger partial charge on any atom is -0.427 e. The summed E-state index contributed by atoms with van der Waals surface area (Å²) in [6.07, 6.45) is 3.55. The van der Waals surface area contributed by atoms with Crippen LogP contribution < -0.4 is 0 Å². The molecule has 0 amide bonds.